The molecule has 1 aliphatic rings. The molecule has 10 nitrogen and oxygen atoms in total. The van der Waals surface area contributed by atoms with Gasteiger partial charge in [0.25, 0.3) is 0 Å². The third-order valence-electron chi connectivity index (χ3n) is 5.40. The van der Waals surface area contributed by atoms with Gasteiger partial charge in [-0.2, -0.15) is 8.42 Å². The zero-order valence-corrected chi connectivity index (χ0v) is 21.9. The fourth-order valence-corrected chi connectivity index (χ4v) is 4.36. The number of carbonyl (C=O) groups is 1. The summed E-state index contributed by atoms with van der Waals surface area (Å²) >= 11 is 0. The lowest BCUT2D eigenvalue weighted by Crippen LogP contribution is -2.30. The first-order valence-electron chi connectivity index (χ1n) is 11.2. The molecule has 0 aliphatic carbocycles. The number of nitrogens with zero attached hydrogens (tertiary/aromatic N) is 2. The topological polar surface area (TPSA) is 118 Å². The van der Waals surface area contributed by atoms with Crippen LogP contribution in [0.1, 0.15) is 35.3 Å². The number of anilines is 1. The van der Waals surface area contributed by atoms with E-state index < -0.39 is 15.9 Å². The summed E-state index contributed by atoms with van der Waals surface area (Å²) in [6.45, 7) is 3.95. The highest BCUT2D eigenvalue weighted by molar-refractivity contribution is 7.86. The quantitative estimate of drug-likeness (QED) is 0.350. The molecule has 0 spiro atoms. The van der Waals surface area contributed by atoms with Crippen LogP contribution in [0.2, 0.25) is 0 Å². The van der Waals surface area contributed by atoms with Crippen LogP contribution in [0, 0.1) is 11.2 Å². The number of ether oxygens (including phenoxy) is 3. The molecule has 2 aromatic carbocycles. The Morgan fingerprint density at radius 1 is 1.11 bits per heavy atom. The first kappa shape index (κ1) is 27.1. The van der Waals surface area contributed by atoms with E-state index >= 15 is 4.39 Å². The number of halogens is 1. The molecule has 0 unspecified atom stereocenters. The molecule has 0 fully saturated rings. The molecule has 0 saturated carbocycles. The van der Waals surface area contributed by atoms with E-state index in [1.165, 1.54) is 24.1 Å². The molecule has 2 aromatic rings. The lowest BCUT2D eigenvalue weighted by molar-refractivity contribution is 0.0962. The van der Waals surface area contributed by atoms with Gasteiger partial charge in [-0.05, 0) is 37.6 Å². The van der Waals surface area contributed by atoms with Crippen molar-refractivity contribution >= 4 is 27.4 Å². The number of hydrogen-bond acceptors (Lipinski definition) is 9. The molecule has 0 radical (unpaired) electrons. The molecule has 3 rings (SSSR count). The van der Waals surface area contributed by atoms with E-state index in [1.54, 1.807) is 38.9 Å². The number of amidine groups is 1. The Bertz CT molecular complexity index is 1300. The van der Waals surface area contributed by atoms with E-state index in [2.05, 4.69) is 0 Å². The number of fused-ring (bicyclic) bond motifs is 1. The van der Waals surface area contributed by atoms with Gasteiger partial charge < -0.3 is 28.2 Å². The fourth-order valence-electron chi connectivity index (χ4n) is 3.89. The van der Waals surface area contributed by atoms with Gasteiger partial charge in [0.1, 0.15) is 5.84 Å². The molecule has 196 valence electrons. The van der Waals surface area contributed by atoms with E-state index in [1.807, 2.05) is 0 Å². The van der Waals surface area contributed by atoms with Gasteiger partial charge in [0.2, 0.25) is 5.75 Å². The summed E-state index contributed by atoms with van der Waals surface area (Å²) in [6, 6.07) is 4.50. The van der Waals surface area contributed by atoms with Gasteiger partial charge in [-0.3, -0.25) is 10.2 Å². The summed E-state index contributed by atoms with van der Waals surface area (Å²) in [4.78, 5) is 16.3. The van der Waals surface area contributed by atoms with Crippen molar-refractivity contribution < 1.29 is 36.0 Å². The molecule has 0 saturated heterocycles. The number of carbonyl (C=O) groups excluding carboxylic acids is 1. The number of rotatable bonds is 11. The molecule has 36 heavy (non-hydrogen) atoms. The lowest BCUT2D eigenvalue weighted by Gasteiger charge is -2.21. The third kappa shape index (κ3) is 5.48. The third-order valence-corrected chi connectivity index (χ3v) is 5.87. The Morgan fingerprint density at radius 3 is 2.33 bits per heavy atom. The smallest absolute Gasteiger partial charge is 0.306 e. The number of ketones is 1. The predicted octanol–water partition coefficient (Wildman–Crippen LogP) is 3.06. The van der Waals surface area contributed by atoms with Crippen LogP contribution in [0.25, 0.3) is 0 Å². The number of nitrogens with one attached hydrogen (secondary N) is 1. The second kappa shape index (κ2) is 10.6. The SMILES string of the molecule is CCOc1cc2c(c(F)c1OCC)C(=N)N(CC(=O)c1cc(OC)c(OS(C)(=O)=O)c(N(C)C)c1)C2. The maximum atomic E-state index is 15.3. The van der Waals surface area contributed by atoms with Gasteiger partial charge in [0, 0.05) is 26.2 Å². The van der Waals surface area contributed by atoms with E-state index in [4.69, 9.17) is 23.8 Å². The normalized spacial score (nSPS) is 12.9. The maximum Gasteiger partial charge on any atom is 0.306 e. The van der Waals surface area contributed by atoms with Crippen molar-refractivity contribution in [1.82, 2.24) is 4.90 Å². The number of Topliss-reactive ketones (excluding diaryl/α,β-unsaturated/α-hetero) is 1. The van der Waals surface area contributed by atoms with Crippen molar-refractivity contribution in [3.05, 3.63) is 40.7 Å². The van der Waals surface area contributed by atoms with E-state index in [0.29, 0.717) is 17.9 Å². The van der Waals surface area contributed by atoms with Crippen molar-refractivity contribution in [3.63, 3.8) is 0 Å². The monoisotopic (exact) mass is 523 g/mol. The first-order chi connectivity index (χ1) is 16.9. The lowest BCUT2D eigenvalue weighted by atomic mass is 10.1. The molecular weight excluding hydrogens is 493 g/mol. The number of methoxy groups -OCH3 is 1. The van der Waals surface area contributed by atoms with Crippen molar-refractivity contribution in [2.75, 3.05) is 52.1 Å². The number of hydrogen-bond donors (Lipinski definition) is 1. The molecule has 12 heteroatoms. The van der Waals surface area contributed by atoms with Gasteiger partial charge in [-0.25, -0.2) is 4.39 Å². The largest absolute Gasteiger partial charge is 0.493 e. The van der Waals surface area contributed by atoms with Crippen molar-refractivity contribution in [2.24, 2.45) is 0 Å². The summed E-state index contributed by atoms with van der Waals surface area (Å²) < 4.78 is 60.2. The minimum Gasteiger partial charge on any atom is -0.493 e. The maximum absolute atomic E-state index is 15.3. The molecule has 1 N–H and O–H groups in total. The van der Waals surface area contributed by atoms with E-state index in [-0.39, 0.29) is 65.4 Å². The highest BCUT2D eigenvalue weighted by Gasteiger charge is 2.33. The van der Waals surface area contributed by atoms with Gasteiger partial charge in [0.05, 0.1) is 44.4 Å². The van der Waals surface area contributed by atoms with Crippen LogP contribution in [0.5, 0.6) is 23.0 Å². The van der Waals surface area contributed by atoms with Crippen molar-refractivity contribution in [2.45, 2.75) is 20.4 Å². The van der Waals surface area contributed by atoms with Gasteiger partial charge in [-0.15, -0.1) is 0 Å². The van der Waals surface area contributed by atoms with Gasteiger partial charge >= 0.3 is 10.1 Å². The zero-order chi connectivity index (χ0) is 26.8. The standard InChI is InChI=1S/C24H30FN3O7S/c1-7-33-19-11-15-12-28(24(26)20(15)21(25)23(19)34-8-2)13-17(29)14-9-16(27(3)4)22(18(10-14)32-5)35-36(6,30)31/h9-11,26H,7-8,12-13H2,1-6H3. The molecule has 0 atom stereocenters. The first-order valence-corrected chi connectivity index (χ1v) is 13.0. The van der Waals surface area contributed by atoms with Crippen LogP contribution >= 0.6 is 0 Å². The molecule has 1 aliphatic heterocycles. The second-order valence-corrected chi connectivity index (χ2v) is 9.83. The average Bonchev–Trinajstić information content (AvgIpc) is 3.10. The van der Waals surface area contributed by atoms with Gasteiger partial charge in [-0.1, -0.05) is 0 Å². The number of benzene rings is 2. The molecule has 0 aromatic heterocycles. The average molecular weight is 524 g/mol. The van der Waals surface area contributed by atoms with Crippen LogP contribution in [0.3, 0.4) is 0 Å². The Kier molecular flexibility index (Phi) is 7.97. The molecule has 0 amide bonds. The second-order valence-electron chi connectivity index (χ2n) is 8.25. The Labute approximate surface area is 210 Å². The van der Waals surface area contributed by atoms with Crippen molar-refractivity contribution in [3.8, 4) is 23.0 Å². The van der Waals surface area contributed by atoms with E-state index in [9.17, 15) is 13.2 Å². The highest BCUT2D eigenvalue weighted by Crippen LogP contribution is 2.41. The zero-order valence-electron chi connectivity index (χ0n) is 21.1. The Balaban J connectivity index is 1.94. The highest BCUT2D eigenvalue weighted by atomic mass is 32.2. The van der Waals surface area contributed by atoms with Gasteiger partial charge in [0.15, 0.2) is 28.8 Å². The molecule has 0 bridgehead atoms. The summed E-state index contributed by atoms with van der Waals surface area (Å²) in [5.41, 5.74) is 1.11. The fraction of sp³-hybridized carbons (Fsp3) is 0.417. The van der Waals surface area contributed by atoms with Crippen LogP contribution < -0.4 is 23.3 Å². The Hall–Kier alpha value is -3.54. The van der Waals surface area contributed by atoms with Crippen LogP contribution in [-0.2, 0) is 16.7 Å². The van der Waals surface area contributed by atoms with E-state index in [0.717, 1.165) is 6.26 Å². The minimum absolute atomic E-state index is 0.0446. The summed E-state index contributed by atoms with van der Waals surface area (Å²) in [6.07, 6.45) is 0.911. The van der Waals surface area contributed by atoms with Crippen LogP contribution in [0.15, 0.2) is 18.2 Å². The van der Waals surface area contributed by atoms with Crippen LogP contribution in [-0.4, -0.2) is 72.2 Å². The van der Waals surface area contributed by atoms with Crippen molar-refractivity contribution in [1.29, 1.82) is 5.41 Å². The summed E-state index contributed by atoms with van der Waals surface area (Å²) in [7, 11) is 0.807. The van der Waals surface area contributed by atoms with Crippen LogP contribution in [0.4, 0.5) is 10.1 Å². The predicted molar refractivity (Wildman–Crippen MR) is 133 cm³/mol. The minimum atomic E-state index is -3.86. The molecular formula is C24H30FN3O7S. The summed E-state index contributed by atoms with van der Waals surface area (Å²) in [5, 5.41) is 8.52. The Morgan fingerprint density at radius 2 is 1.78 bits per heavy atom. The summed E-state index contributed by atoms with van der Waals surface area (Å²) in [5.74, 6) is -1.01. The molecule has 1 heterocycles.